The second-order valence-corrected chi connectivity index (χ2v) is 20.9. The maximum Gasteiger partial charge on any atom is 0.312 e. The molecule has 3 saturated heterocycles. The van der Waals surface area contributed by atoms with Crippen molar-refractivity contribution >= 4 is 40.2 Å². The summed E-state index contributed by atoms with van der Waals surface area (Å²) in [5.41, 5.74) is 1.64. The molecule has 374 valence electrons. The van der Waals surface area contributed by atoms with E-state index in [9.17, 15) is 35.1 Å². The third-order valence-electron chi connectivity index (χ3n) is 13.8. The molecule has 3 heterocycles. The molecule has 1 amide bonds. The number of nitrogen functional groups attached to an aromatic ring is 1. The topological polar surface area (TPSA) is 244 Å². The predicted octanol–water partition coefficient (Wildman–Crippen LogP) is 3.02. The summed E-state index contributed by atoms with van der Waals surface area (Å²) in [4.78, 5) is 31.1. The zero-order valence-corrected chi connectivity index (χ0v) is 42.8. The largest absolute Gasteiger partial charge is 0.507 e. The number of hydrogen-bond donors (Lipinski definition) is 7. The number of halogens is 1. The van der Waals surface area contributed by atoms with Gasteiger partial charge in [-0.1, -0.05) is 13.8 Å². The minimum atomic E-state index is -1.86. The highest BCUT2D eigenvalue weighted by Crippen LogP contribution is 2.41. The average Bonchev–Trinajstić information content (AvgIpc) is 3.22. The Bertz CT molecular complexity index is 1710. The summed E-state index contributed by atoms with van der Waals surface area (Å²) in [6, 6.07) is 3.54. The van der Waals surface area contributed by atoms with Crippen LogP contribution in [0.4, 0.5) is 5.69 Å². The Balaban J connectivity index is 1.74. The molecule has 0 radical (unpaired) electrons. The second-order valence-electron chi connectivity index (χ2n) is 19.8. The number of hydrogen-bond acceptors (Lipinski definition) is 17. The number of alkyl halides is 1. The fourth-order valence-corrected chi connectivity index (χ4v) is 10.3. The number of phenolic OH excluding ortho intramolecular Hbond substituents is 1. The number of methoxy groups -OCH3 is 1. The first-order chi connectivity index (χ1) is 30.1. The Kier molecular flexibility index (Phi) is 19.7. The number of nitrogens with zero attached hydrogens (tertiary/aromatic N) is 2. The second kappa shape index (κ2) is 23.1. The van der Waals surface area contributed by atoms with E-state index in [1.807, 2.05) is 74.3 Å². The third kappa shape index (κ3) is 13.6. The van der Waals surface area contributed by atoms with E-state index in [4.69, 9.17) is 38.9 Å². The van der Waals surface area contributed by atoms with Gasteiger partial charge in [0.15, 0.2) is 16.7 Å². The highest BCUT2D eigenvalue weighted by atomic mass is 127. The average molecular weight is 1040 g/mol. The number of ether oxygens (including phenoxy) is 7. The molecule has 4 rings (SSSR count). The van der Waals surface area contributed by atoms with Gasteiger partial charge >= 0.3 is 5.97 Å². The van der Waals surface area contributed by atoms with Gasteiger partial charge in [0.2, 0.25) is 0 Å². The molecule has 0 aromatic heterocycles. The van der Waals surface area contributed by atoms with E-state index in [1.165, 1.54) is 32.2 Å². The molecule has 65 heavy (non-hydrogen) atoms. The molecule has 0 unspecified atom stereocenters. The number of nitrogens with two attached hydrogens (primary N) is 1. The lowest BCUT2D eigenvalue weighted by Crippen LogP contribution is -2.61. The standard InChI is InChI=1S/C46H79IN4O14/c1-24-21-44(7,57)39(64-42-36(32(50(10)11)19-25(2)61-42)60-18-14-17-49-40(55)31-16-15-30(48)20-33(31)52)26(3)35(63-34-22-45(8,59-13)38(54)29(6)62-34)27(4)41(56)65-43(47)46(9,58)37(53)28(5)51(12)23-24/h15-16,20,24-29,32,34-39,42-43,52-54,57-58H,14,17-19,21-23,48H2,1-13H3,(H,49,55)/t24-,25-,26+,27-,28-,29+,32+,34+,35+,36-,37-,38+,39-,42+,43+,44-,45-,46+/m1/s1. The van der Waals surface area contributed by atoms with Crippen LogP contribution < -0.4 is 11.1 Å². The van der Waals surface area contributed by atoms with Crippen molar-refractivity contribution in [1.82, 2.24) is 15.1 Å². The number of benzene rings is 1. The minimum absolute atomic E-state index is 0.101. The molecule has 18 atom stereocenters. The number of nitrogens with one attached hydrogen (secondary N) is 1. The van der Waals surface area contributed by atoms with Crippen LogP contribution in [0.2, 0.25) is 0 Å². The highest BCUT2D eigenvalue weighted by molar-refractivity contribution is 14.1. The molecule has 3 fully saturated rings. The first kappa shape index (κ1) is 55.6. The molecule has 0 aliphatic carbocycles. The summed E-state index contributed by atoms with van der Waals surface area (Å²) in [5.74, 6) is -3.44. The first-order valence-corrected chi connectivity index (χ1v) is 24.1. The van der Waals surface area contributed by atoms with Gasteiger partial charge in [-0.3, -0.25) is 9.59 Å². The molecule has 18 nitrogen and oxygen atoms in total. The van der Waals surface area contributed by atoms with Crippen molar-refractivity contribution in [2.45, 2.75) is 176 Å². The number of carbonyl (C=O) groups excluding carboxylic acids is 2. The smallest absolute Gasteiger partial charge is 0.312 e. The van der Waals surface area contributed by atoms with Crippen LogP contribution in [0.1, 0.15) is 98.4 Å². The normalized spacial score (nSPS) is 41.9. The summed E-state index contributed by atoms with van der Waals surface area (Å²) in [5, 5.41) is 60.2. The number of esters is 1. The van der Waals surface area contributed by atoms with Gasteiger partial charge in [-0.25, -0.2) is 0 Å². The monoisotopic (exact) mass is 1040 g/mol. The maximum absolute atomic E-state index is 14.3. The predicted molar refractivity (Wildman–Crippen MR) is 251 cm³/mol. The Labute approximate surface area is 399 Å². The number of phenols is 1. The molecule has 19 heteroatoms. The van der Waals surface area contributed by atoms with Crippen molar-refractivity contribution in [2.24, 2.45) is 17.8 Å². The minimum Gasteiger partial charge on any atom is -0.507 e. The molecule has 1 aromatic rings. The maximum atomic E-state index is 14.3. The number of likely N-dealkylation sites (N-methyl/N-ethyl adjacent to an activating group) is 2. The van der Waals surface area contributed by atoms with Crippen molar-refractivity contribution in [1.29, 1.82) is 0 Å². The molecule has 0 spiro atoms. The molecule has 3 aliphatic rings. The number of carbonyl (C=O) groups is 2. The lowest BCUT2D eigenvalue weighted by atomic mass is 9.77. The lowest BCUT2D eigenvalue weighted by molar-refractivity contribution is -0.321. The SMILES string of the molecule is CO[C@]1(C)C[C@H](O[C@H]2[C@H](C)[C@@H](O[C@@H]3O[C@H](C)C[C@H](N(C)C)[C@H]3OCCCNC(=O)c3ccc(N)cc3O)[C@](C)(O)C[C@@H](C)CN(C)[C@H](C)[C@@H](O)[C@](C)(O)[C@@H](I)OC(=O)[C@@H]2C)O[C@@H](C)[C@@H]1O. The molecule has 0 bridgehead atoms. The van der Waals surface area contributed by atoms with Gasteiger partial charge in [-0.2, -0.15) is 0 Å². The zero-order valence-electron chi connectivity index (χ0n) is 40.6. The number of aromatic hydroxyl groups is 1. The van der Waals surface area contributed by atoms with Gasteiger partial charge in [0.25, 0.3) is 5.91 Å². The summed E-state index contributed by atoms with van der Waals surface area (Å²) in [6.45, 7) is 16.6. The molecular formula is C46H79IN4O14. The van der Waals surface area contributed by atoms with Crippen LogP contribution in [0.3, 0.4) is 0 Å². The van der Waals surface area contributed by atoms with Gasteiger partial charge in [-0.05, 0) is 130 Å². The Morgan fingerprint density at radius 3 is 2.29 bits per heavy atom. The zero-order chi connectivity index (χ0) is 48.9. The van der Waals surface area contributed by atoms with E-state index in [1.54, 1.807) is 34.6 Å². The van der Waals surface area contributed by atoms with E-state index in [0.29, 0.717) is 25.1 Å². The number of rotatable bonds is 12. The highest BCUT2D eigenvalue weighted by Gasteiger charge is 2.53. The molecule has 0 saturated carbocycles. The summed E-state index contributed by atoms with van der Waals surface area (Å²) >= 11 is 1.83. The molecule has 1 aromatic carbocycles. The van der Waals surface area contributed by atoms with Crippen LogP contribution in [0, 0.1) is 17.8 Å². The van der Waals surface area contributed by atoms with Crippen LogP contribution in [-0.4, -0.2) is 183 Å². The van der Waals surface area contributed by atoms with E-state index < -0.39 is 99.9 Å². The van der Waals surface area contributed by atoms with Crippen LogP contribution in [0.5, 0.6) is 5.75 Å². The quantitative estimate of drug-likeness (QED) is 0.0523. The van der Waals surface area contributed by atoms with Gasteiger partial charge in [0.1, 0.15) is 29.7 Å². The Morgan fingerprint density at radius 1 is 1.02 bits per heavy atom. The van der Waals surface area contributed by atoms with Crippen LogP contribution in [0.15, 0.2) is 18.2 Å². The van der Waals surface area contributed by atoms with Crippen LogP contribution >= 0.6 is 22.6 Å². The molecule has 3 aliphatic heterocycles. The van der Waals surface area contributed by atoms with Crippen molar-refractivity contribution in [3.63, 3.8) is 0 Å². The van der Waals surface area contributed by atoms with Crippen LogP contribution in [0.25, 0.3) is 0 Å². The Hall–Kier alpha value is -1.99. The van der Waals surface area contributed by atoms with Crippen molar-refractivity contribution in [3.8, 4) is 5.75 Å². The number of aliphatic hydroxyl groups is 4. The number of anilines is 1. The van der Waals surface area contributed by atoms with Gasteiger partial charge < -0.3 is 79.5 Å². The number of amides is 1. The van der Waals surface area contributed by atoms with Crippen molar-refractivity contribution < 1.29 is 68.3 Å². The van der Waals surface area contributed by atoms with Gasteiger partial charge in [0, 0.05) is 63.0 Å². The number of aliphatic hydroxyl groups excluding tert-OH is 2. The van der Waals surface area contributed by atoms with E-state index in [-0.39, 0.29) is 55.4 Å². The van der Waals surface area contributed by atoms with E-state index in [2.05, 4.69) is 5.32 Å². The van der Waals surface area contributed by atoms with Gasteiger partial charge in [-0.15, -0.1) is 0 Å². The van der Waals surface area contributed by atoms with E-state index in [0.717, 1.165) is 0 Å². The third-order valence-corrected chi connectivity index (χ3v) is 15.3. The van der Waals surface area contributed by atoms with E-state index >= 15 is 0 Å². The van der Waals surface area contributed by atoms with Crippen molar-refractivity contribution in [3.05, 3.63) is 23.8 Å². The molecular weight excluding hydrogens is 959 g/mol. The molecule has 8 N–H and O–H groups in total. The fraction of sp³-hybridized carbons (Fsp3) is 0.826. The summed E-state index contributed by atoms with van der Waals surface area (Å²) < 4.78 is 43.8. The summed E-state index contributed by atoms with van der Waals surface area (Å²) in [7, 11) is 7.21. The van der Waals surface area contributed by atoms with Crippen LogP contribution in [-0.2, 0) is 38.0 Å². The summed E-state index contributed by atoms with van der Waals surface area (Å²) in [6.07, 6.45) is -6.83. The fourth-order valence-electron chi connectivity index (χ4n) is 9.64. The Morgan fingerprint density at radius 2 is 1.68 bits per heavy atom. The first-order valence-electron chi connectivity index (χ1n) is 22.8. The number of cyclic esters (lactones) is 1. The lowest BCUT2D eigenvalue weighted by Gasteiger charge is -2.49. The van der Waals surface area contributed by atoms with Gasteiger partial charge in [0.05, 0.1) is 47.1 Å². The van der Waals surface area contributed by atoms with Crippen molar-refractivity contribution in [2.75, 3.05) is 53.7 Å².